The van der Waals surface area contributed by atoms with Crippen LogP contribution in [0.25, 0.3) is 0 Å². The molecule has 1 atom stereocenters. The molecule has 100 valence electrons. The molecule has 1 aromatic carbocycles. The third-order valence-electron chi connectivity index (χ3n) is 2.83. The molecule has 2 amide bonds. The predicted octanol–water partition coefficient (Wildman–Crippen LogP) is 2.13. The van der Waals surface area contributed by atoms with Crippen LogP contribution in [0.4, 0.5) is 5.69 Å². The van der Waals surface area contributed by atoms with Crippen molar-refractivity contribution in [2.45, 2.75) is 19.8 Å². The zero-order chi connectivity index (χ0) is 13.8. The van der Waals surface area contributed by atoms with Gasteiger partial charge >= 0.3 is 0 Å². The Balaban J connectivity index is 1.92. The van der Waals surface area contributed by atoms with E-state index in [4.69, 9.17) is 0 Å². The monoisotopic (exact) mass is 371 g/mol. The van der Waals surface area contributed by atoms with E-state index in [2.05, 4.69) is 38.4 Å². The molecule has 0 saturated carbocycles. The number of anilines is 1. The number of benzene rings is 1. The van der Waals surface area contributed by atoms with Crippen molar-refractivity contribution in [3.8, 4) is 0 Å². The first-order valence-electron chi connectivity index (χ1n) is 5.93. The molecule has 0 bridgehead atoms. The van der Waals surface area contributed by atoms with E-state index in [1.165, 1.54) is 0 Å². The van der Waals surface area contributed by atoms with Gasteiger partial charge in [0.15, 0.2) is 0 Å². The van der Waals surface area contributed by atoms with E-state index < -0.39 is 0 Å². The number of hydrogen-bond donors (Lipinski definition) is 2. The molecular weight excluding hydrogens is 357 g/mol. The third kappa shape index (κ3) is 4.02. The van der Waals surface area contributed by atoms with Crippen molar-refractivity contribution in [2.75, 3.05) is 5.32 Å². The maximum Gasteiger partial charge on any atom is 0.244 e. The Morgan fingerprint density at radius 1 is 1.47 bits per heavy atom. The lowest BCUT2D eigenvalue weighted by molar-refractivity contribution is -0.128. The SMILES string of the molecule is CC1=NNC(=O)C(CC(=O)Nc2ccc(I)cc2)C1. The molecule has 1 heterocycles. The minimum absolute atomic E-state index is 0.156. The standard InChI is InChI=1S/C13H14IN3O2/c1-8-6-9(13(19)17-16-8)7-12(18)15-11-4-2-10(14)3-5-11/h2-5,9H,6-7H2,1H3,(H,15,18)(H,17,19). The van der Waals surface area contributed by atoms with E-state index in [-0.39, 0.29) is 24.2 Å². The summed E-state index contributed by atoms with van der Waals surface area (Å²) in [6, 6.07) is 7.52. The maximum atomic E-state index is 11.9. The topological polar surface area (TPSA) is 70.6 Å². The molecule has 0 saturated heterocycles. The van der Waals surface area contributed by atoms with Gasteiger partial charge in [-0.2, -0.15) is 5.10 Å². The van der Waals surface area contributed by atoms with Crippen molar-refractivity contribution >= 4 is 45.8 Å². The first-order chi connectivity index (χ1) is 9.04. The molecule has 5 nitrogen and oxygen atoms in total. The van der Waals surface area contributed by atoms with E-state index in [9.17, 15) is 9.59 Å². The number of hydrogen-bond acceptors (Lipinski definition) is 3. The normalized spacial score (nSPS) is 18.5. The summed E-state index contributed by atoms with van der Waals surface area (Å²) in [5.41, 5.74) is 4.01. The van der Waals surface area contributed by atoms with Crippen molar-refractivity contribution in [1.29, 1.82) is 0 Å². The minimum Gasteiger partial charge on any atom is -0.326 e. The quantitative estimate of drug-likeness (QED) is 0.800. The minimum atomic E-state index is -0.332. The summed E-state index contributed by atoms with van der Waals surface area (Å²) in [7, 11) is 0. The number of amides is 2. The zero-order valence-corrected chi connectivity index (χ0v) is 12.6. The van der Waals surface area contributed by atoms with Crippen molar-refractivity contribution in [3.63, 3.8) is 0 Å². The maximum absolute atomic E-state index is 11.9. The Bertz CT molecular complexity index is 525. The highest BCUT2D eigenvalue weighted by Crippen LogP contribution is 2.16. The van der Waals surface area contributed by atoms with Crippen LogP contribution >= 0.6 is 22.6 Å². The second kappa shape index (κ2) is 6.14. The van der Waals surface area contributed by atoms with E-state index >= 15 is 0 Å². The second-order valence-electron chi connectivity index (χ2n) is 4.48. The highest BCUT2D eigenvalue weighted by molar-refractivity contribution is 14.1. The molecule has 1 aliphatic rings. The fourth-order valence-corrected chi connectivity index (χ4v) is 2.23. The molecule has 0 radical (unpaired) electrons. The molecule has 2 rings (SSSR count). The molecule has 2 N–H and O–H groups in total. The summed E-state index contributed by atoms with van der Waals surface area (Å²) in [6.45, 7) is 1.84. The third-order valence-corrected chi connectivity index (χ3v) is 3.55. The number of halogens is 1. The van der Waals surface area contributed by atoms with Gasteiger partial charge in [-0.15, -0.1) is 0 Å². The smallest absolute Gasteiger partial charge is 0.244 e. The molecular formula is C13H14IN3O2. The highest BCUT2D eigenvalue weighted by Gasteiger charge is 2.25. The van der Waals surface area contributed by atoms with Crippen molar-refractivity contribution in [2.24, 2.45) is 11.0 Å². The zero-order valence-electron chi connectivity index (χ0n) is 10.4. The van der Waals surface area contributed by atoms with Gasteiger partial charge in [-0.25, -0.2) is 5.43 Å². The van der Waals surface area contributed by atoms with E-state index in [1.807, 2.05) is 31.2 Å². The van der Waals surface area contributed by atoms with Gasteiger partial charge in [0.05, 0.1) is 5.92 Å². The summed E-state index contributed by atoms with van der Waals surface area (Å²) in [6.07, 6.45) is 0.705. The fourth-order valence-electron chi connectivity index (χ4n) is 1.87. The van der Waals surface area contributed by atoms with Gasteiger partial charge in [-0.05, 0) is 60.2 Å². The van der Waals surface area contributed by atoms with Crippen LogP contribution < -0.4 is 10.7 Å². The first-order valence-corrected chi connectivity index (χ1v) is 7.01. The number of nitrogens with zero attached hydrogens (tertiary/aromatic N) is 1. The number of carbonyl (C=O) groups excluding carboxylic acids is 2. The Labute approximate surface area is 125 Å². The van der Waals surface area contributed by atoms with E-state index in [0.29, 0.717) is 6.42 Å². The number of rotatable bonds is 3. The van der Waals surface area contributed by atoms with Crippen LogP contribution in [0.3, 0.4) is 0 Å². The molecule has 0 aromatic heterocycles. The molecule has 1 aromatic rings. The lowest BCUT2D eigenvalue weighted by atomic mass is 9.96. The first kappa shape index (κ1) is 14.0. The largest absolute Gasteiger partial charge is 0.326 e. The fraction of sp³-hybridized carbons (Fsp3) is 0.308. The van der Waals surface area contributed by atoms with Crippen LogP contribution in [0.5, 0.6) is 0 Å². The average Bonchev–Trinajstić information content (AvgIpc) is 2.37. The Morgan fingerprint density at radius 2 is 2.16 bits per heavy atom. The van der Waals surface area contributed by atoms with Gasteiger partial charge in [0, 0.05) is 21.4 Å². The van der Waals surface area contributed by atoms with Crippen LogP contribution in [0, 0.1) is 9.49 Å². The van der Waals surface area contributed by atoms with Crippen LogP contribution in [0.1, 0.15) is 19.8 Å². The Kier molecular flexibility index (Phi) is 4.52. The van der Waals surface area contributed by atoms with Gasteiger partial charge in [-0.3, -0.25) is 9.59 Å². The highest BCUT2D eigenvalue weighted by atomic mass is 127. The molecule has 19 heavy (non-hydrogen) atoms. The lowest BCUT2D eigenvalue weighted by Gasteiger charge is -2.19. The molecule has 6 heteroatoms. The summed E-state index contributed by atoms with van der Waals surface area (Å²) in [4.78, 5) is 23.5. The van der Waals surface area contributed by atoms with Crippen LogP contribution in [-0.4, -0.2) is 17.5 Å². The Hall–Kier alpha value is -1.44. The van der Waals surface area contributed by atoms with Gasteiger partial charge in [0.25, 0.3) is 0 Å². The van der Waals surface area contributed by atoms with E-state index in [1.54, 1.807) is 0 Å². The van der Waals surface area contributed by atoms with Crippen molar-refractivity contribution in [1.82, 2.24) is 5.43 Å². The Morgan fingerprint density at radius 3 is 2.84 bits per heavy atom. The van der Waals surface area contributed by atoms with Crippen molar-refractivity contribution < 1.29 is 9.59 Å². The molecule has 0 spiro atoms. The lowest BCUT2D eigenvalue weighted by Crippen LogP contribution is -2.35. The number of hydrazone groups is 1. The summed E-state index contributed by atoms with van der Waals surface area (Å²) in [5.74, 6) is -0.680. The van der Waals surface area contributed by atoms with Crippen LogP contribution in [-0.2, 0) is 9.59 Å². The van der Waals surface area contributed by atoms with Crippen molar-refractivity contribution in [3.05, 3.63) is 27.8 Å². The number of carbonyl (C=O) groups is 2. The molecule has 0 fully saturated rings. The summed E-state index contributed by atoms with van der Waals surface area (Å²) < 4.78 is 1.11. The van der Waals surface area contributed by atoms with E-state index in [0.717, 1.165) is 15.0 Å². The van der Waals surface area contributed by atoms with Gasteiger partial charge in [0.2, 0.25) is 11.8 Å². The number of nitrogens with one attached hydrogen (secondary N) is 2. The van der Waals surface area contributed by atoms with Gasteiger partial charge < -0.3 is 5.32 Å². The summed E-state index contributed by atoms with van der Waals surface area (Å²) >= 11 is 2.20. The van der Waals surface area contributed by atoms with Crippen LogP contribution in [0.2, 0.25) is 0 Å². The van der Waals surface area contributed by atoms with Gasteiger partial charge in [-0.1, -0.05) is 0 Å². The predicted molar refractivity (Wildman–Crippen MR) is 81.8 cm³/mol. The van der Waals surface area contributed by atoms with Crippen LogP contribution in [0.15, 0.2) is 29.4 Å². The molecule has 0 aliphatic carbocycles. The summed E-state index contributed by atoms with van der Waals surface area (Å²) in [5, 5.41) is 6.64. The average molecular weight is 371 g/mol. The van der Waals surface area contributed by atoms with Gasteiger partial charge in [0.1, 0.15) is 0 Å². The molecule has 1 unspecified atom stereocenters. The molecule has 1 aliphatic heterocycles. The second-order valence-corrected chi connectivity index (χ2v) is 5.73.